The summed E-state index contributed by atoms with van der Waals surface area (Å²) in [6.45, 7) is 4.85. The van der Waals surface area contributed by atoms with Gasteiger partial charge >= 0.3 is 0 Å². The molecule has 2 aliphatic heterocycles. The molecule has 24 heavy (non-hydrogen) atoms. The standard InChI is InChI=1S/C20H26N2O2/c1-3-17-16(15-8-4-5-9-18(15)24-17)14-22-13-7-11-20(22)10-6-12-21(2)19(20)23/h4-5,8-9H,3,6-7,10-14H2,1-2H3. The molecule has 0 N–H and O–H groups in total. The first-order chi connectivity index (χ1) is 11.7. The first-order valence-electron chi connectivity index (χ1n) is 9.15. The molecular formula is C20H26N2O2. The summed E-state index contributed by atoms with van der Waals surface area (Å²) in [5.74, 6) is 1.38. The van der Waals surface area contributed by atoms with E-state index in [2.05, 4.69) is 24.0 Å². The third-order valence-corrected chi connectivity index (χ3v) is 5.90. The van der Waals surface area contributed by atoms with Crippen molar-refractivity contribution >= 4 is 16.9 Å². The Morgan fingerprint density at radius 2 is 1.92 bits per heavy atom. The first-order valence-corrected chi connectivity index (χ1v) is 9.15. The summed E-state index contributed by atoms with van der Waals surface area (Å²) < 4.78 is 6.06. The molecule has 0 radical (unpaired) electrons. The van der Waals surface area contributed by atoms with Gasteiger partial charge in [-0.15, -0.1) is 0 Å². The molecule has 0 saturated carbocycles. The second-order valence-corrected chi connectivity index (χ2v) is 7.24. The number of para-hydroxylation sites is 1. The molecule has 2 fully saturated rings. The van der Waals surface area contributed by atoms with Crippen LogP contribution in [-0.4, -0.2) is 41.4 Å². The lowest BCUT2D eigenvalue weighted by Crippen LogP contribution is -2.58. The molecule has 1 aromatic heterocycles. The minimum Gasteiger partial charge on any atom is -0.461 e. The van der Waals surface area contributed by atoms with E-state index >= 15 is 0 Å². The predicted molar refractivity (Wildman–Crippen MR) is 94.8 cm³/mol. The number of likely N-dealkylation sites (N-methyl/N-ethyl adjacent to an activating group) is 1. The monoisotopic (exact) mass is 326 g/mol. The number of piperidine rings is 1. The van der Waals surface area contributed by atoms with Crippen molar-refractivity contribution in [2.75, 3.05) is 20.1 Å². The van der Waals surface area contributed by atoms with Gasteiger partial charge in [-0.2, -0.15) is 0 Å². The molecule has 1 atom stereocenters. The van der Waals surface area contributed by atoms with E-state index in [1.165, 1.54) is 10.9 Å². The Labute approximate surface area is 143 Å². The maximum Gasteiger partial charge on any atom is 0.242 e. The average Bonchev–Trinajstić information content (AvgIpc) is 3.16. The molecule has 0 bridgehead atoms. The summed E-state index contributed by atoms with van der Waals surface area (Å²) in [5.41, 5.74) is 1.95. The number of likely N-dealkylation sites (tertiary alicyclic amines) is 2. The van der Waals surface area contributed by atoms with Crippen LogP contribution in [0.3, 0.4) is 0 Å². The van der Waals surface area contributed by atoms with E-state index in [1.807, 2.05) is 24.1 Å². The fourth-order valence-electron chi connectivity index (χ4n) is 4.66. The van der Waals surface area contributed by atoms with Crippen molar-refractivity contribution in [1.29, 1.82) is 0 Å². The second-order valence-electron chi connectivity index (χ2n) is 7.24. The maximum absolute atomic E-state index is 13.0. The largest absolute Gasteiger partial charge is 0.461 e. The lowest BCUT2D eigenvalue weighted by molar-refractivity contribution is -0.146. The van der Waals surface area contributed by atoms with Gasteiger partial charge in [0.05, 0.1) is 0 Å². The Hall–Kier alpha value is -1.81. The van der Waals surface area contributed by atoms with E-state index in [9.17, 15) is 4.79 Å². The topological polar surface area (TPSA) is 36.7 Å². The molecule has 128 valence electrons. The molecule has 3 heterocycles. The third kappa shape index (κ3) is 2.27. The lowest BCUT2D eigenvalue weighted by atomic mass is 9.85. The summed E-state index contributed by atoms with van der Waals surface area (Å²) in [7, 11) is 1.95. The van der Waals surface area contributed by atoms with Crippen LogP contribution in [0.1, 0.15) is 43.9 Å². The Kier molecular flexibility index (Phi) is 3.87. The van der Waals surface area contributed by atoms with Gasteiger partial charge in [0.1, 0.15) is 16.9 Å². The molecule has 2 saturated heterocycles. The lowest BCUT2D eigenvalue weighted by Gasteiger charge is -2.43. The van der Waals surface area contributed by atoms with Crippen LogP contribution in [0.2, 0.25) is 0 Å². The van der Waals surface area contributed by atoms with Crippen molar-refractivity contribution in [3.05, 3.63) is 35.6 Å². The molecule has 1 unspecified atom stereocenters. The number of amides is 1. The van der Waals surface area contributed by atoms with Crippen molar-refractivity contribution in [3.63, 3.8) is 0 Å². The van der Waals surface area contributed by atoms with Gasteiger partial charge < -0.3 is 9.32 Å². The van der Waals surface area contributed by atoms with Crippen LogP contribution >= 0.6 is 0 Å². The number of fused-ring (bicyclic) bond motifs is 1. The summed E-state index contributed by atoms with van der Waals surface area (Å²) >= 11 is 0. The van der Waals surface area contributed by atoms with E-state index in [0.717, 1.165) is 63.1 Å². The van der Waals surface area contributed by atoms with E-state index in [1.54, 1.807) is 0 Å². The minimum atomic E-state index is -0.281. The molecule has 2 aliphatic rings. The summed E-state index contributed by atoms with van der Waals surface area (Å²) in [6, 6.07) is 8.27. The molecule has 2 aromatic rings. The van der Waals surface area contributed by atoms with Crippen molar-refractivity contribution < 1.29 is 9.21 Å². The van der Waals surface area contributed by atoms with Crippen LogP contribution in [0, 0.1) is 0 Å². The molecule has 1 spiro atoms. The maximum atomic E-state index is 13.0. The fraction of sp³-hybridized carbons (Fsp3) is 0.550. The molecular weight excluding hydrogens is 300 g/mol. The Balaban J connectivity index is 1.71. The highest BCUT2D eigenvalue weighted by Gasteiger charge is 2.50. The SMILES string of the molecule is CCc1oc2ccccc2c1CN1CCCC12CCCN(C)C2=O. The highest BCUT2D eigenvalue weighted by atomic mass is 16.3. The molecule has 0 aliphatic carbocycles. The van der Waals surface area contributed by atoms with Gasteiger partial charge in [-0.25, -0.2) is 0 Å². The Bertz CT molecular complexity index is 766. The van der Waals surface area contributed by atoms with E-state index in [0.29, 0.717) is 5.91 Å². The smallest absolute Gasteiger partial charge is 0.242 e. The number of benzene rings is 1. The third-order valence-electron chi connectivity index (χ3n) is 5.90. The van der Waals surface area contributed by atoms with Gasteiger partial charge in [0.15, 0.2) is 0 Å². The minimum absolute atomic E-state index is 0.281. The quantitative estimate of drug-likeness (QED) is 0.865. The van der Waals surface area contributed by atoms with Crippen molar-refractivity contribution in [1.82, 2.24) is 9.80 Å². The van der Waals surface area contributed by atoms with Crippen molar-refractivity contribution in [3.8, 4) is 0 Å². The second kappa shape index (κ2) is 5.92. The Morgan fingerprint density at radius 1 is 1.17 bits per heavy atom. The van der Waals surface area contributed by atoms with Crippen molar-refractivity contribution in [2.24, 2.45) is 0 Å². The van der Waals surface area contributed by atoms with Gasteiger partial charge in [0, 0.05) is 37.5 Å². The zero-order chi connectivity index (χ0) is 16.7. The van der Waals surface area contributed by atoms with Crippen LogP contribution in [0.15, 0.2) is 28.7 Å². The highest BCUT2D eigenvalue weighted by molar-refractivity contribution is 5.87. The number of hydrogen-bond acceptors (Lipinski definition) is 3. The van der Waals surface area contributed by atoms with Crippen LogP contribution < -0.4 is 0 Å². The predicted octanol–water partition coefficient (Wildman–Crippen LogP) is 3.58. The number of carbonyl (C=O) groups excluding carboxylic acids is 1. The van der Waals surface area contributed by atoms with Crippen LogP contribution in [0.5, 0.6) is 0 Å². The average molecular weight is 326 g/mol. The van der Waals surface area contributed by atoms with Crippen LogP contribution in [-0.2, 0) is 17.8 Å². The van der Waals surface area contributed by atoms with Gasteiger partial charge in [0.2, 0.25) is 5.91 Å². The molecule has 4 rings (SSSR count). The number of carbonyl (C=O) groups is 1. The van der Waals surface area contributed by atoms with E-state index in [-0.39, 0.29) is 5.54 Å². The highest BCUT2D eigenvalue weighted by Crippen LogP contribution is 2.40. The number of nitrogens with zero attached hydrogens (tertiary/aromatic N) is 2. The summed E-state index contributed by atoms with van der Waals surface area (Å²) in [5, 5.41) is 1.20. The van der Waals surface area contributed by atoms with Gasteiger partial charge in [0.25, 0.3) is 0 Å². The molecule has 1 aromatic carbocycles. The van der Waals surface area contributed by atoms with Crippen molar-refractivity contribution in [2.45, 2.75) is 51.1 Å². The van der Waals surface area contributed by atoms with Crippen LogP contribution in [0.4, 0.5) is 0 Å². The van der Waals surface area contributed by atoms with E-state index in [4.69, 9.17) is 4.42 Å². The number of furan rings is 1. The Morgan fingerprint density at radius 3 is 2.71 bits per heavy atom. The number of aryl methyl sites for hydroxylation is 1. The van der Waals surface area contributed by atoms with Gasteiger partial charge in [-0.05, 0) is 38.3 Å². The zero-order valence-electron chi connectivity index (χ0n) is 14.7. The van der Waals surface area contributed by atoms with Crippen LogP contribution in [0.25, 0.3) is 11.0 Å². The number of hydrogen-bond donors (Lipinski definition) is 0. The zero-order valence-corrected chi connectivity index (χ0v) is 14.7. The van der Waals surface area contributed by atoms with Gasteiger partial charge in [-0.1, -0.05) is 25.1 Å². The molecule has 4 heteroatoms. The fourth-order valence-corrected chi connectivity index (χ4v) is 4.66. The molecule has 4 nitrogen and oxygen atoms in total. The summed E-state index contributed by atoms with van der Waals surface area (Å²) in [6.07, 6.45) is 5.09. The molecule has 1 amide bonds. The number of rotatable bonds is 3. The normalized spacial score (nSPS) is 25.2. The van der Waals surface area contributed by atoms with E-state index < -0.39 is 0 Å². The summed E-state index contributed by atoms with van der Waals surface area (Å²) in [4.78, 5) is 17.3. The van der Waals surface area contributed by atoms with Gasteiger partial charge in [-0.3, -0.25) is 9.69 Å². The first kappa shape index (κ1) is 15.7.